The van der Waals surface area contributed by atoms with E-state index >= 15 is 0 Å². The molecule has 1 N–H and O–H groups in total. The van der Waals surface area contributed by atoms with E-state index < -0.39 is 9.05 Å². The molecule has 2 aliphatic rings. The van der Waals surface area contributed by atoms with Gasteiger partial charge in [-0.3, -0.25) is 4.79 Å². The Hall–Kier alpha value is -0.630. The lowest BCUT2D eigenvalue weighted by molar-refractivity contribution is 0.0840. The molecule has 20 heavy (non-hydrogen) atoms. The summed E-state index contributed by atoms with van der Waals surface area (Å²) < 4.78 is 28.4. The summed E-state index contributed by atoms with van der Waals surface area (Å²) in [5, 5.41) is 4.47. The maximum absolute atomic E-state index is 12.2. The summed E-state index contributed by atoms with van der Waals surface area (Å²) in [6.45, 7) is 1.60. The van der Waals surface area contributed by atoms with Crippen molar-refractivity contribution in [3.63, 3.8) is 0 Å². The topological polar surface area (TPSA) is 72.5 Å². The van der Waals surface area contributed by atoms with Gasteiger partial charge in [0.2, 0.25) is 0 Å². The van der Waals surface area contributed by atoms with Crippen LogP contribution in [0.5, 0.6) is 0 Å². The zero-order valence-corrected chi connectivity index (χ0v) is 13.1. The highest BCUT2D eigenvalue weighted by Crippen LogP contribution is 2.35. The van der Waals surface area contributed by atoms with Gasteiger partial charge in [0.25, 0.3) is 15.0 Å². The Bertz CT molecular complexity index is 654. The Balaban J connectivity index is 1.77. The molecule has 3 atom stereocenters. The average Bonchev–Trinajstić information content (AvgIpc) is 3.01. The van der Waals surface area contributed by atoms with Gasteiger partial charge in [0.1, 0.15) is 4.21 Å². The third-order valence-corrected chi connectivity index (χ3v) is 7.19. The number of thiophene rings is 1. The van der Waals surface area contributed by atoms with Crippen LogP contribution < -0.4 is 5.32 Å². The van der Waals surface area contributed by atoms with Crippen LogP contribution in [0.1, 0.15) is 35.2 Å². The number of carbonyl (C=O) groups excluding carboxylic acids is 1. The molecule has 2 fully saturated rings. The minimum atomic E-state index is -3.80. The molecule has 1 aromatic heterocycles. The van der Waals surface area contributed by atoms with Crippen molar-refractivity contribution in [1.82, 2.24) is 5.32 Å². The maximum atomic E-state index is 12.2. The first kappa shape index (κ1) is 14.3. The van der Waals surface area contributed by atoms with Crippen molar-refractivity contribution < 1.29 is 17.9 Å². The fourth-order valence-electron chi connectivity index (χ4n) is 2.90. The van der Waals surface area contributed by atoms with Crippen LogP contribution in [0.15, 0.2) is 9.59 Å². The van der Waals surface area contributed by atoms with Gasteiger partial charge in [0, 0.05) is 16.1 Å². The molecule has 8 heteroatoms. The summed E-state index contributed by atoms with van der Waals surface area (Å²) in [4.78, 5) is 12.2. The number of nitrogens with one attached hydrogen (secondary N) is 1. The summed E-state index contributed by atoms with van der Waals surface area (Å²) in [6.07, 6.45) is 3.22. The van der Waals surface area contributed by atoms with Crippen LogP contribution in [-0.4, -0.2) is 32.6 Å². The standard InChI is InChI=1S/C12H14ClNO4S2/c1-6-8(5-19-12(6)20(13,16)17)11(15)14-9-4-7-2-3-10(9)18-7/h5,7,9-10H,2-4H2,1H3,(H,14,15). The van der Waals surface area contributed by atoms with Crippen molar-refractivity contribution in [3.05, 3.63) is 16.5 Å². The Kier molecular flexibility index (Phi) is 3.56. The molecule has 3 heterocycles. The Morgan fingerprint density at radius 1 is 1.50 bits per heavy atom. The number of hydrogen-bond donors (Lipinski definition) is 1. The van der Waals surface area contributed by atoms with Gasteiger partial charge < -0.3 is 10.1 Å². The van der Waals surface area contributed by atoms with Gasteiger partial charge in [-0.1, -0.05) is 0 Å². The number of amides is 1. The average molecular weight is 336 g/mol. The van der Waals surface area contributed by atoms with E-state index in [2.05, 4.69) is 5.32 Å². The normalized spacial score (nSPS) is 28.8. The first-order chi connectivity index (χ1) is 9.36. The van der Waals surface area contributed by atoms with E-state index in [4.69, 9.17) is 15.4 Å². The maximum Gasteiger partial charge on any atom is 0.271 e. The van der Waals surface area contributed by atoms with Crippen LogP contribution in [0, 0.1) is 6.92 Å². The molecule has 2 aliphatic heterocycles. The molecule has 1 amide bonds. The number of hydrogen-bond acceptors (Lipinski definition) is 5. The predicted octanol–water partition coefficient (Wildman–Crippen LogP) is 2.03. The Morgan fingerprint density at radius 3 is 2.75 bits per heavy atom. The quantitative estimate of drug-likeness (QED) is 0.858. The van der Waals surface area contributed by atoms with Gasteiger partial charge in [0.15, 0.2) is 0 Å². The first-order valence-corrected chi connectivity index (χ1v) is 9.54. The zero-order chi connectivity index (χ0) is 14.5. The molecular weight excluding hydrogens is 322 g/mol. The number of fused-ring (bicyclic) bond motifs is 2. The highest BCUT2D eigenvalue weighted by Gasteiger charge is 2.41. The van der Waals surface area contributed by atoms with Crippen LogP contribution in [0.2, 0.25) is 0 Å². The van der Waals surface area contributed by atoms with E-state index in [1.54, 1.807) is 6.92 Å². The zero-order valence-electron chi connectivity index (χ0n) is 10.8. The second kappa shape index (κ2) is 4.98. The van der Waals surface area contributed by atoms with Gasteiger partial charge in [-0.25, -0.2) is 8.42 Å². The van der Waals surface area contributed by atoms with Gasteiger partial charge in [0.05, 0.1) is 23.8 Å². The van der Waals surface area contributed by atoms with E-state index in [0.717, 1.165) is 30.6 Å². The van der Waals surface area contributed by atoms with Crippen LogP contribution in [-0.2, 0) is 13.8 Å². The SMILES string of the molecule is Cc1c(C(=O)NC2CC3CCC2O3)csc1S(=O)(=O)Cl. The molecule has 5 nitrogen and oxygen atoms in total. The third-order valence-electron chi connectivity index (χ3n) is 3.88. The van der Waals surface area contributed by atoms with Gasteiger partial charge in [-0.05, 0) is 31.7 Å². The summed E-state index contributed by atoms with van der Waals surface area (Å²) in [6, 6.07) is 0.0246. The van der Waals surface area contributed by atoms with E-state index in [9.17, 15) is 13.2 Å². The van der Waals surface area contributed by atoms with Crippen molar-refractivity contribution in [2.45, 2.75) is 48.6 Å². The largest absolute Gasteiger partial charge is 0.373 e. The highest BCUT2D eigenvalue weighted by atomic mass is 35.7. The van der Waals surface area contributed by atoms with E-state index in [1.807, 2.05) is 0 Å². The lowest BCUT2D eigenvalue weighted by Crippen LogP contribution is -2.41. The summed E-state index contributed by atoms with van der Waals surface area (Å²) in [5.41, 5.74) is 0.781. The van der Waals surface area contributed by atoms with Crippen LogP contribution in [0.3, 0.4) is 0 Å². The van der Waals surface area contributed by atoms with Gasteiger partial charge in [-0.2, -0.15) is 0 Å². The highest BCUT2D eigenvalue weighted by molar-refractivity contribution is 8.15. The summed E-state index contributed by atoms with van der Waals surface area (Å²) in [5.74, 6) is -0.258. The number of carbonyl (C=O) groups is 1. The molecule has 2 saturated heterocycles. The van der Waals surface area contributed by atoms with Crippen molar-refractivity contribution in [1.29, 1.82) is 0 Å². The molecule has 1 aromatic rings. The van der Waals surface area contributed by atoms with Gasteiger partial charge in [-0.15, -0.1) is 11.3 Å². The third kappa shape index (κ3) is 2.47. The van der Waals surface area contributed by atoms with Crippen LogP contribution >= 0.6 is 22.0 Å². The molecule has 0 saturated carbocycles. The minimum Gasteiger partial charge on any atom is -0.373 e. The molecule has 2 bridgehead atoms. The molecule has 0 aromatic carbocycles. The molecule has 0 radical (unpaired) electrons. The predicted molar refractivity (Wildman–Crippen MR) is 75.9 cm³/mol. The molecule has 3 rings (SSSR count). The Labute approximate surface area is 125 Å². The van der Waals surface area contributed by atoms with Crippen molar-refractivity contribution in [3.8, 4) is 0 Å². The fraction of sp³-hybridized carbons (Fsp3) is 0.583. The molecule has 0 aliphatic carbocycles. The number of halogens is 1. The second-order valence-corrected chi connectivity index (χ2v) is 8.83. The first-order valence-electron chi connectivity index (χ1n) is 6.35. The molecular formula is C12H14ClNO4S2. The Morgan fingerprint density at radius 2 is 2.25 bits per heavy atom. The molecule has 0 spiro atoms. The monoisotopic (exact) mass is 335 g/mol. The summed E-state index contributed by atoms with van der Waals surface area (Å²) >= 11 is 0.973. The summed E-state index contributed by atoms with van der Waals surface area (Å²) in [7, 11) is 1.54. The lowest BCUT2D eigenvalue weighted by atomic mass is 9.95. The van der Waals surface area contributed by atoms with Gasteiger partial charge >= 0.3 is 0 Å². The fourth-order valence-corrected chi connectivity index (χ4v) is 5.45. The molecule has 110 valence electrons. The van der Waals surface area contributed by atoms with Crippen molar-refractivity contribution in [2.75, 3.05) is 0 Å². The van der Waals surface area contributed by atoms with E-state index in [1.165, 1.54) is 5.38 Å². The van der Waals surface area contributed by atoms with E-state index in [0.29, 0.717) is 11.1 Å². The lowest BCUT2D eigenvalue weighted by Gasteiger charge is -2.19. The van der Waals surface area contributed by atoms with Crippen LogP contribution in [0.4, 0.5) is 0 Å². The number of ether oxygens (including phenoxy) is 1. The van der Waals surface area contributed by atoms with Crippen molar-refractivity contribution >= 4 is 37.0 Å². The van der Waals surface area contributed by atoms with Crippen LogP contribution in [0.25, 0.3) is 0 Å². The minimum absolute atomic E-state index is 0.0246. The van der Waals surface area contributed by atoms with Crippen molar-refractivity contribution in [2.24, 2.45) is 0 Å². The second-order valence-electron chi connectivity index (χ2n) is 5.19. The molecule has 3 unspecified atom stereocenters. The van der Waals surface area contributed by atoms with E-state index in [-0.39, 0.29) is 28.4 Å². The smallest absolute Gasteiger partial charge is 0.271 e. The number of rotatable bonds is 3.